The number of hydrogen-bond acceptors (Lipinski definition) is 3. The lowest BCUT2D eigenvalue weighted by Gasteiger charge is -2.28. The molecule has 1 amide bonds. The lowest BCUT2D eigenvalue weighted by Crippen LogP contribution is -2.54. The van der Waals surface area contributed by atoms with Gasteiger partial charge in [0, 0.05) is 0 Å². The average Bonchev–Trinajstić information content (AvgIpc) is 2.89. The lowest BCUT2D eigenvalue weighted by atomic mass is 9.97. The predicted molar refractivity (Wildman–Crippen MR) is 79.5 cm³/mol. The SMILES string of the molecule is Cc1csc(C(=O)NC2(C(N)=S)CCCC2)c1Cl. The number of halogens is 1. The van der Waals surface area contributed by atoms with Crippen molar-refractivity contribution in [2.45, 2.75) is 38.1 Å². The first-order chi connectivity index (χ1) is 8.46. The molecule has 1 aromatic rings. The highest BCUT2D eigenvalue weighted by molar-refractivity contribution is 7.80. The summed E-state index contributed by atoms with van der Waals surface area (Å²) >= 11 is 12.6. The van der Waals surface area contributed by atoms with E-state index >= 15 is 0 Å². The van der Waals surface area contributed by atoms with Crippen molar-refractivity contribution in [1.82, 2.24) is 5.32 Å². The molecule has 1 fully saturated rings. The van der Waals surface area contributed by atoms with Crippen LogP contribution in [0.4, 0.5) is 0 Å². The Hall–Kier alpha value is -0.650. The Bertz CT molecular complexity index is 492. The summed E-state index contributed by atoms with van der Waals surface area (Å²) in [4.78, 5) is 13.2. The first-order valence-electron chi connectivity index (χ1n) is 5.82. The highest BCUT2D eigenvalue weighted by atomic mass is 35.5. The fourth-order valence-corrected chi connectivity index (χ4v) is 3.70. The summed E-state index contributed by atoms with van der Waals surface area (Å²) in [6.07, 6.45) is 3.70. The summed E-state index contributed by atoms with van der Waals surface area (Å²) < 4.78 is 0. The lowest BCUT2D eigenvalue weighted by molar-refractivity contribution is 0.0928. The van der Waals surface area contributed by atoms with Crippen LogP contribution in [0.5, 0.6) is 0 Å². The Morgan fingerprint density at radius 2 is 2.17 bits per heavy atom. The molecule has 1 aliphatic carbocycles. The summed E-state index contributed by atoms with van der Waals surface area (Å²) in [6, 6.07) is 0. The molecule has 1 aromatic heterocycles. The molecule has 3 nitrogen and oxygen atoms in total. The molecule has 1 heterocycles. The Morgan fingerprint density at radius 1 is 1.56 bits per heavy atom. The molecule has 6 heteroatoms. The van der Waals surface area contributed by atoms with Crippen molar-refractivity contribution in [3.8, 4) is 0 Å². The molecule has 0 saturated heterocycles. The number of thiocarbonyl (C=S) groups is 1. The van der Waals surface area contributed by atoms with Crippen LogP contribution in [0.1, 0.15) is 40.9 Å². The number of hydrogen-bond donors (Lipinski definition) is 2. The Labute approximate surface area is 121 Å². The van der Waals surface area contributed by atoms with Gasteiger partial charge in [-0.2, -0.15) is 0 Å². The van der Waals surface area contributed by atoms with E-state index in [2.05, 4.69) is 5.32 Å². The van der Waals surface area contributed by atoms with Crippen LogP contribution in [0.2, 0.25) is 5.02 Å². The molecule has 0 bridgehead atoms. The fourth-order valence-electron chi connectivity index (χ4n) is 2.27. The van der Waals surface area contributed by atoms with Crippen molar-refractivity contribution in [1.29, 1.82) is 0 Å². The highest BCUT2D eigenvalue weighted by Gasteiger charge is 2.38. The van der Waals surface area contributed by atoms with Gasteiger partial charge in [-0.1, -0.05) is 36.7 Å². The second-order valence-corrected chi connectivity index (χ2v) is 6.37. The minimum Gasteiger partial charge on any atom is -0.391 e. The fraction of sp³-hybridized carbons (Fsp3) is 0.500. The number of carbonyl (C=O) groups excluding carboxylic acids is 1. The molecule has 98 valence electrons. The van der Waals surface area contributed by atoms with E-state index in [1.165, 1.54) is 11.3 Å². The van der Waals surface area contributed by atoms with Crippen LogP contribution in [-0.2, 0) is 0 Å². The standard InChI is InChI=1S/C12H15ClN2OS2/c1-7-6-18-9(8(7)13)10(16)15-12(11(14)17)4-2-3-5-12/h6H,2-5H2,1H3,(H2,14,17)(H,15,16). The summed E-state index contributed by atoms with van der Waals surface area (Å²) in [6.45, 7) is 1.88. The van der Waals surface area contributed by atoms with Gasteiger partial charge in [-0.25, -0.2) is 0 Å². The van der Waals surface area contributed by atoms with E-state index in [4.69, 9.17) is 29.6 Å². The van der Waals surface area contributed by atoms with Gasteiger partial charge in [0.1, 0.15) is 4.88 Å². The van der Waals surface area contributed by atoms with Crippen LogP contribution >= 0.6 is 35.2 Å². The summed E-state index contributed by atoms with van der Waals surface area (Å²) in [7, 11) is 0. The molecule has 0 unspecified atom stereocenters. The zero-order chi connectivity index (χ0) is 13.3. The molecule has 0 aliphatic heterocycles. The highest BCUT2D eigenvalue weighted by Crippen LogP contribution is 2.32. The van der Waals surface area contributed by atoms with Gasteiger partial charge in [0.25, 0.3) is 5.91 Å². The molecule has 0 spiro atoms. The van der Waals surface area contributed by atoms with Crippen LogP contribution in [-0.4, -0.2) is 16.4 Å². The normalized spacial score (nSPS) is 17.7. The monoisotopic (exact) mass is 302 g/mol. The minimum absolute atomic E-state index is 0.173. The third-order valence-corrected chi connectivity index (χ3v) is 5.47. The van der Waals surface area contributed by atoms with E-state index in [-0.39, 0.29) is 5.91 Å². The number of nitrogens with two attached hydrogens (primary N) is 1. The van der Waals surface area contributed by atoms with E-state index in [9.17, 15) is 4.79 Å². The van der Waals surface area contributed by atoms with E-state index in [1.54, 1.807) is 0 Å². The number of carbonyl (C=O) groups is 1. The quantitative estimate of drug-likeness (QED) is 0.844. The second kappa shape index (κ2) is 5.15. The van der Waals surface area contributed by atoms with Gasteiger partial charge in [-0.15, -0.1) is 11.3 Å². The van der Waals surface area contributed by atoms with Crippen LogP contribution in [0, 0.1) is 6.92 Å². The zero-order valence-electron chi connectivity index (χ0n) is 10.1. The molecule has 0 aromatic carbocycles. The van der Waals surface area contributed by atoms with Crippen LogP contribution in [0.15, 0.2) is 5.38 Å². The molecule has 0 atom stereocenters. The van der Waals surface area contributed by atoms with Crippen molar-refractivity contribution < 1.29 is 4.79 Å². The van der Waals surface area contributed by atoms with E-state index in [0.717, 1.165) is 31.2 Å². The first-order valence-corrected chi connectivity index (χ1v) is 7.49. The molecule has 3 N–H and O–H groups in total. The smallest absolute Gasteiger partial charge is 0.263 e. The number of amides is 1. The average molecular weight is 303 g/mol. The van der Waals surface area contributed by atoms with Crippen molar-refractivity contribution in [3.05, 3.63) is 20.8 Å². The number of aryl methyl sites for hydroxylation is 1. The molecule has 1 saturated carbocycles. The minimum atomic E-state index is -0.520. The molecule has 0 radical (unpaired) electrons. The van der Waals surface area contributed by atoms with Gasteiger partial charge in [-0.05, 0) is 30.7 Å². The van der Waals surface area contributed by atoms with Crippen molar-refractivity contribution in [2.75, 3.05) is 0 Å². The second-order valence-electron chi connectivity index (χ2n) is 4.67. The number of rotatable bonds is 3. The van der Waals surface area contributed by atoms with E-state index in [1.807, 2.05) is 12.3 Å². The Kier molecular flexibility index (Phi) is 3.94. The van der Waals surface area contributed by atoms with Crippen LogP contribution in [0.3, 0.4) is 0 Å². The van der Waals surface area contributed by atoms with Crippen LogP contribution in [0.25, 0.3) is 0 Å². The third kappa shape index (κ3) is 2.39. The van der Waals surface area contributed by atoms with Crippen molar-refractivity contribution in [3.63, 3.8) is 0 Å². The van der Waals surface area contributed by atoms with Crippen molar-refractivity contribution in [2.24, 2.45) is 5.73 Å². The topological polar surface area (TPSA) is 55.1 Å². The maximum absolute atomic E-state index is 12.2. The summed E-state index contributed by atoms with van der Waals surface area (Å²) in [5.41, 5.74) is 6.19. The van der Waals surface area contributed by atoms with E-state index in [0.29, 0.717) is 14.9 Å². The van der Waals surface area contributed by atoms with Gasteiger partial charge in [0.15, 0.2) is 0 Å². The molecular formula is C12H15ClN2OS2. The maximum Gasteiger partial charge on any atom is 0.263 e. The van der Waals surface area contributed by atoms with Crippen molar-refractivity contribution >= 4 is 46.1 Å². The van der Waals surface area contributed by atoms with E-state index < -0.39 is 5.54 Å². The van der Waals surface area contributed by atoms with Crippen LogP contribution < -0.4 is 11.1 Å². The molecular weight excluding hydrogens is 288 g/mol. The molecule has 18 heavy (non-hydrogen) atoms. The zero-order valence-corrected chi connectivity index (χ0v) is 12.5. The Balaban J connectivity index is 2.20. The summed E-state index contributed by atoms with van der Waals surface area (Å²) in [5, 5.41) is 5.38. The number of nitrogens with one attached hydrogen (secondary N) is 1. The maximum atomic E-state index is 12.2. The number of thiophene rings is 1. The van der Waals surface area contributed by atoms with Gasteiger partial charge in [0.05, 0.1) is 15.6 Å². The van der Waals surface area contributed by atoms with Gasteiger partial charge in [-0.3, -0.25) is 4.79 Å². The first kappa shape index (κ1) is 13.8. The van der Waals surface area contributed by atoms with Gasteiger partial charge in [0.2, 0.25) is 0 Å². The summed E-state index contributed by atoms with van der Waals surface area (Å²) in [5.74, 6) is -0.173. The predicted octanol–water partition coefficient (Wildman–Crippen LogP) is 3.04. The molecule has 2 rings (SSSR count). The van der Waals surface area contributed by atoms with Gasteiger partial charge >= 0.3 is 0 Å². The third-order valence-electron chi connectivity index (χ3n) is 3.39. The molecule has 1 aliphatic rings. The Morgan fingerprint density at radius 3 is 2.61 bits per heavy atom. The van der Waals surface area contributed by atoms with Gasteiger partial charge < -0.3 is 11.1 Å². The largest absolute Gasteiger partial charge is 0.391 e.